The summed E-state index contributed by atoms with van der Waals surface area (Å²) in [5.41, 5.74) is -0.411. The van der Waals surface area contributed by atoms with Gasteiger partial charge in [0.2, 0.25) is 0 Å². The Bertz CT molecular complexity index is 146. The second-order valence-corrected chi connectivity index (χ2v) is 3.58. The van der Waals surface area contributed by atoms with Crippen molar-refractivity contribution in [3.05, 3.63) is 0 Å². The zero-order valence-corrected chi connectivity index (χ0v) is 8.62. The first kappa shape index (κ1) is 13.7. The standard InChI is InChI=1S/C9H18F3NO/c1-3-8(4-2,7-14)5-13-6-9(10,11)12/h13-14H,3-7H2,1-2H3. The molecule has 0 aromatic heterocycles. The van der Waals surface area contributed by atoms with Crippen molar-refractivity contribution in [3.63, 3.8) is 0 Å². The van der Waals surface area contributed by atoms with Gasteiger partial charge in [-0.1, -0.05) is 13.8 Å². The third-order valence-corrected chi connectivity index (χ3v) is 2.66. The molecule has 0 radical (unpaired) electrons. The molecule has 0 aromatic rings. The number of halogens is 3. The van der Waals surface area contributed by atoms with Crippen LogP contribution >= 0.6 is 0 Å². The summed E-state index contributed by atoms with van der Waals surface area (Å²) in [4.78, 5) is 0. The van der Waals surface area contributed by atoms with Crippen LogP contribution in [-0.2, 0) is 0 Å². The molecule has 0 rings (SSSR count). The minimum atomic E-state index is -4.18. The molecule has 86 valence electrons. The molecule has 0 bridgehead atoms. The maximum Gasteiger partial charge on any atom is 0.401 e. The van der Waals surface area contributed by atoms with Gasteiger partial charge >= 0.3 is 6.18 Å². The van der Waals surface area contributed by atoms with E-state index in [4.69, 9.17) is 5.11 Å². The summed E-state index contributed by atoms with van der Waals surface area (Å²) in [6.45, 7) is 2.87. The Labute approximate surface area is 82.5 Å². The Morgan fingerprint density at radius 2 is 1.57 bits per heavy atom. The van der Waals surface area contributed by atoms with E-state index in [2.05, 4.69) is 5.32 Å². The first-order valence-corrected chi connectivity index (χ1v) is 4.77. The van der Waals surface area contributed by atoms with E-state index in [0.717, 1.165) is 0 Å². The molecule has 5 heteroatoms. The van der Waals surface area contributed by atoms with E-state index in [1.165, 1.54) is 0 Å². The average molecular weight is 213 g/mol. The van der Waals surface area contributed by atoms with Crippen LogP contribution in [0.3, 0.4) is 0 Å². The molecule has 0 aliphatic heterocycles. The van der Waals surface area contributed by atoms with Crippen molar-refractivity contribution in [2.24, 2.45) is 5.41 Å². The molecule has 0 aliphatic carbocycles. The third kappa shape index (κ3) is 4.81. The minimum absolute atomic E-state index is 0.0785. The Balaban J connectivity index is 3.95. The van der Waals surface area contributed by atoms with E-state index >= 15 is 0 Å². The molecule has 0 saturated heterocycles. The molecule has 0 aliphatic rings. The normalized spacial score (nSPS) is 13.3. The molecule has 14 heavy (non-hydrogen) atoms. The fourth-order valence-electron chi connectivity index (χ4n) is 1.25. The van der Waals surface area contributed by atoms with Crippen LogP contribution in [0.25, 0.3) is 0 Å². The fraction of sp³-hybridized carbons (Fsp3) is 1.00. The first-order valence-electron chi connectivity index (χ1n) is 4.77. The maximum atomic E-state index is 11.8. The molecule has 0 heterocycles. The monoisotopic (exact) mass is 213 g/mol. The molecule has 0 unspecified atom stereocenters. The Morgan fingerprint density at radius 3 is 1.86 bits per heavy atom. The number of hydrogen-bond donors (Lipinski definition) is 2. The van der Waals surface area contributed by atoms with Crippen molar-refractivity contribution in [2.75, 3.05) is 19.7 Å². The van der Waals surface area contributed by atoms with Crippen molar-refractivity contribution in [1.82, 2.24) is 5.32 Å². The van der Waals surface area contributed by atoms with Gasteiger partial charge in [-0.2, -0.15) is 13.2 Å². The van der Waals surface area contributed by atoms with E-state index in [1.54, 1.807) is 0 Å². The van der Waals surface area contributed by atoms with Crippen LogP contribution in [-0.4, -0.2) is 31.0 Å². The van der Waals surface area contributed by atoms with Crippen molar-refractivity contribution < 1.29 is 18.3 Å². The van der Waals surface area contributed by atoms with Gasteiger partial charge in [0.15, 0.2) is 0 Å². The van der Waals surface area contributed by atoms with Gasteiger partial charge in [-0.15, -0.1) is 0 Å². The van der Waals surface area contributed by atoms with Crippen LogP contribution in [0.5, 0.6) is 0 Å². The predicted molar refractivity (Wildman–Crippen MR) is 49.0 cm³/mol. The zero-order chi connectivity index (χ0) is 11.2. The number of alkyl halides is 3. The summed E-state index contributed by atoms with van der Waals surface area (Å²) in [7, 11) is 0. The van der Waals surface area contributed by atoms with Gasteiger partial charge in [0.05, 0.1) is 6.54 Å². The predicted octanol–water partition coefficient (Wildman–Crippen LogP) is 1.94. The largest absolute Gasteiger partial charge is 0.401 e. The van der Waals surface area contributed by atoms with Crippen LogP contribution in [0.15, 0.2) is 0 Å². The molecule has 0 aromatic carbocycles. The summed E-state index contributed by atoms with van der Waals surface area (Å²) < 4.78 is 35.5. The minimum Gasteiger partial charge on any atom is -0.396 e. The van der Waals surface area contributed by atoms with Crippen LogP contribution in [0.1, 0.15) is 26.7 Å². The number of rotatable bonds is 6. The van der Waals surface area contributed by atoms with Gasteiger partial charge in [0, 0.05) is 18.6 Å². The third-order valence-electron chi connectivity index (χ3n) is 2.66. The van der Waals surface area contributed by atoms with Crippen LogP contribution < -0.4 is 5.32 Å². The molecule has 0 atom stereocenters. The zero-order valence-electron chi connectivity index (χ0n) is 8.62. The summed E-state index contributed by atoms with van der Waals surface area (Å²) in [6.07, 6.45) is -2.83. The topological polar surface area (TPSA) is 32.3 Å². The highest BCUT2D eigenvalue weighted by Crippen LogP contribution is 2.24. The number of nitrogens with one attached hydrogen (secondary N) is 1. The molecule has 0 saturated carbocycles. The SMILES string of the molecule is CCC(CC)(CO)CNCC(F)(F)F. The van der Waals surface area contributed by atoms with Crippen molar-refractivity contribution in [2.45, 2.75) is 32.9 Å². The number of aliphatic hydroxyl groups is 1. The first-order chi connectivity index (χ1) is 6.39. The fourth-order valence-corrected chi connectivity index (χ4v) is 1.25. The lowest BCUT2D eigenvalue weighted by molar-refractivity contribution is -0.126. The molecule has 0 fully saturated rings. The van der Waals surface area contributed by atoms with E-state index < -0.39 is 18.1 Å². The van der Waals surface area contributed by atoms with Crippen LogP contribution in [0.4, 0.5) is 13.2 Å². The van der Waals surface area contributed by atoms with Gasteiger partial charge in [-0.25, -0.2) is 0 Å². The van der Waals surface area contributed by atoms with Crippen molar-refractivity contribution in [1.29, 1.82) is 0 Å². The molecule has 0 spiro atoms. The second kappa shape index (κ2) is 5.56. The average Bonchev–Trinajstić information content (AvgIpc) is 2.11. The number of hydrogen-bond acceptors (Lipinski definition) is 2. The molecular formula is C9H18F3NO. The Morgan fingerprint density at radius 1 is 1.07 bits per heavy atom. The number of aliphatic hydroxyl groups excluding tert-OH is 1. The van der Waals surface area contributed by atoms with Crippen LogP contribution in [0.2, 0.25) is 0 Å². The van der Waals surface area contributed by atoms with Gasteiger partial charge in [0.1, 0.15) is 0 Å². The Kier molecular flexibility index (Phi) is 5.44. The molecule has 2 N–H and O–H groups in total. The highest BCUT2D eigenvalue weighted by molar-refractivity contribution is 4.78. The van der Waals surface area contributed by atoms with Crippen molar-refractivity contribution in [3.8, 4) is 0 Å². The smallest absolute Gasteiger partial charge is 0.396 e. The molecule has 0 amide bonds. The molecular weight excluding hydrogens is 195 g/mol. The Hall–Kier alpha value is -0.290. The maximum absolute atomic E-state index is 11.8. The van der Waals surface area contributed by atoms with E-state index in [9.17, 15) is 13.2 Å². The summed E-state index contributed by atoms with van der Waals surface area (Å²) in [6, 6.07) is 0. The highest BCUT2D eigenvalue weighted by atomic mass is 19.4. The van der Waals surface area contributed by atoms with E-state index in [1.807, 2.05) is 13.8 Å². The van der Waals surface area contributed by atoms with E-state index in [-0.39, 0.29) is 13.2 Å². The summed E-state index contributed by atoms with van der Waals surface area (Å²) >= 11 is 0. The van der Waals surface area contributed by atoms with Gasteiger partial charge in [-0.05, 0) is 12.8 Å². The molecule has 2 nitrogen and oxygen atoms in total. The highest BCUT2D eigenvalue weighted by Gasteiger charge is 2.30. The van der Waals surface area contributed by atoms with Gasteiger partial charge in [0.25, 0.3) is 0 Å². The van der Waals surface area contributed by atoms with Gasteiger partial charge in [-0.3, -0.25) is 0 Å². The second-order valence-electron chi connectivity index (χ2n) is 3.58. The van der Waals surface area contributed by atoms with Gasteiger partial charge < -0.3 is 10.4 Å². The lowest BCUT2D eigenvalue weighted by atomic mass is 9.83. The quantitative estimate of drug-likeness (QED) is 0.706. The summed E-state index contributed by atoms with van der Waals surface area (Å²) in [5.74, 6) is 0. The van der Waals surface area contributed by atoms with E-state index in [0.29, 0.717) is 12.8 Å². The van der Waals surface area contributed by atoms with Crippen molar-refractivity contribution >= 4 is 0 Å². The lowest BCUT2D eigenvalue weighted by Crippen LogP contribution is -2.40. The van der Waals surface area contributed by atoms with Crippen LogP contribution in [0, 0.1) is 5.41 Å². The lowest BCUT2D eigenvalue weighted by Gasteiger charge is -2.29. The summed E-state index contributed by atoms with van der Waals surface area (Å²) in [5, 5.41) is 11.4.